The van der Waals surface area contributed by atoms with Crippen LogP contribution in [0.4, 0.5) is 0 Å². The number of hydrogen-bond acceptors (Lipinski definition) is 3. The fraction of sp³-hybridized carbons (Fsp3) is 0.500. The van der Waals surface area contributed by atoms with Crippen LogP contribution in [0.1, 0.15) is 0 Å². The number of hydrazine groups is 2. The van der Waals surface area contributed by atoms with E-state index in [4.69, 9.17) is 11.6 Å². The smallest absolute Gasteiger partial charge is 0.195 e. The normalized spacial score (nSPS) is 8.29. The van der Waals surface area contributed by atoms with Gasteiger partial charge in [0.2, 0.25) is 0 Å². The Kier molecular flexibility index (Phi) is 2.58. The highest BCUT2D eigenvalue weighted by atomic mass is 32.1. The van der Waals surface area contributed by atoms with E-state index in [1.165, 1.54) is 0 Å². The fourth-order valence-electron chi connectivity index (χ4n) is 0.110. The average Bonchev–Trinajstić information content (AvgIpc) is 1.65. The highest BCUT2D eigenvalue weighted by Crippen LogP contribution is 1.62. The van der Waals surface area contributed by atoms with Crippen LogP contribution in [0.2, 0.25) is 0 Å². The minimum atomic E-state index is 0.127. The van der Waals surface area contributed by atoms with Gasteiger partial charge in [-0.15, -0.1) is 0 Å². The summed E-state index contributed by atoms with van der Waals surface area (Å²) in [7, 11) is 1.62. The van der Waals surface area contributed by atoms with Gasteiger partial charge in [0.1, 0.15) is 0 Å². The van der Waals surface area contributed by atoms with Crippen LogP contribution in [0.3, 0.4) is 0 Å². The summed E-state index contributed by atoms with van der Waals surface area (Å²) < 4.78 is 0. The van der Waals surface area contributed by atoms with Gasteiger partial charge in [-0.2, -0.15) is 0 Å². The summed E-state index contributed by atoms with van der Waals surface area (Å²) in [4.78, 5) is 0. The Balaban J connectivity index is 3.34. The Bertz CT molecular complexity index is 72.1. The predicted octanol–water partition coefficient (Wildman–Crippen LogP) is -1.46. The van der Waals surface area contributed by atoms with Gasteiger partial charge in [0.25, 0.3) is 0 Å². The zero-order valence-electron chi connectivity index (χ0n) is 4.01. The molecule has 5 N–H and O–H groups in total. The number of rotatable bonds is 1. The van der Waals surface area contributed by atoms with Crippen molar-refractivity contribution in [2.45, 2.75) is 0 Å². The molecule has 0 aliphatic carbocycles. The summed E-state index contributed by atoms with van der Waals surface area (Å²) in [6, 6.07) is 0. The lowest BCUT2D eigenvalue weighted by Gasteiger charge is -2.12. The number of thiocarbonyl (C=S) groups is 1. The van der Waals surface area contributed by atoms with E-state index in [1.807, 2.05) is 0 Å². The summed E-state index contributed by atoms with van der Waals surface area (Å²) in [5.41, 5.74) is 7.53. The number of nitrogens with zero attached hydrogens (tertiary/aromatic N) is 1. The lowest BCUT2D eigenvalue weighted by molar-refractivity contribution is 0.355. The molecule has 0 aliphatic heterocycles. The van der Waals surface area contributed by atoms with Gasteiger partial charge >= 0.3 is 0 Å². The summed E-state index contributed by atoms with van der Waals surface area (Å²) >= 11 is 4.43. The second-order valence-corrected chi connectivity index (χ2v) is 1.35. The monoisotopic (exact) mass is 120 g/mol. The fourth-order valence-corrected chi connectivity index (χ4v) is 0.201. The van der Waals surface area contributed by atoms with Crippen molar-refractivity contribution in [3.8, 4) is 0 Å². The summed E-state index contributed by atoms with van der Waals surface area (Å²) in [6.45, 7) is 0. The van der Waals surface area contributed by atoms with Crippen molar-refractivity contribution in [1.29, 1.82) is 0 Å². The Hall–Kier alpha value is -0.390. The maximum absolute atomic E-state index is 5.07. The second kappa shape index (κ2) is 2.73. The van der Waals surface area contributed by atoms with E-state index in [2.05, 4.69) is 17.6 Å². The first kappa shape index (κ1) is 6.61. The van der Waals surface area contributed by atoms with Crippen molar-refractivity contribution in [2.24, 2.45) is 11.6 Å². The molecule has 0 atom stereocenters. The first-order chi connectivity index (χ1) is 3.18. The maximum Gasteiger partial charge on any atom is 0.195 e. The van der Waals surface area contributed by atoms with Crippen molar-refractivity contribution in [1.82, 2.24) is 10.5 Å². The molecule has 0 saturated carbocycles. The van der Waals surface area contributed by atoms with Crippen molar-refractivity contribution in [3.63, 3.8) is 0 Å². The Morgan fingerprint density at radius 3 is 2.29 bits per heavy atom. The largest absolute Gasteiger partial charge is 0.374 e. The topological polar surface area (TPSA) is 67.3 Å². The molecule has 4 nitrogen and oxygen atoms in total. The molecule has 0 heterocycles. The van der Waals surface area contributed by atoms with Crippen LogP contribution in [-0.4, -0.2) is 17.3 Å². The molecule has 5 heteroatoms. The molecule has 0 spiro atoms. The van der Waals surface area contributed by atoms with Gasteiger partial charge < -0.3 is 5.73 Å². The quantitative estimate of drug-likeness (QED) is 0.224. The molecule has 0 radical (unpaired) electrons. The standard InChI is InChI=1S/C2H8N4S/c1-5-6(4)2(3)7/h5H,4H2,1H3,(H2,3,7). The van der Waals surface area contributed by atoms with Crippen LogP contribution in [0, 0.1) is 0 Å². The predicted molar refractivity (Wildman–Crippen MR) is 31.9 cm³/mol. The van der Waals surface area contributed by atoms with Crippen LogP contribution in [0.25, 0.3) is 0 Å². The highest BCUT2D eigenvalue weighted by molar-refractivity contribution is 7.80. The third-order valence-corrected chi connectivity index (χ3v) is 0.675. The first-order valence-corrected chi connectivity index (χ1v) is 2.11. The first-order valence-electron chi connectivity index (χ1n) is 1.70. The summed E-state index contributed by atoms with van der Waals surface area (Å²) in [5.74, 6) is 5.07. The molecule has 0 unspecified atom stereocenters. The molecule has 0 saturated heterocycles. The van der Waals surface area contributed by atoms with E-state index in [0.29, 0.717) is 0 Å². The molecule has 0 aromatic heterocycles. The minimum absolute atomic E-state index is 0.127. The van der Waals surface area contributed by atoms with Gasteiger partial charge in [-0.05, 0) is 12.2 Å². The number of hydrogen-bond donors (Lipinski definition) is 3. The number of nitrogens with one attached hydrogen (secondary N) is 1. The second-order valence-electron chi connectivity index (χ2n) is 0.932. The molecule has 0 aromatic rings. The van der Waals surface area contributed by atoms with E-state index in [-0.39, 0.29) is 5.11 Å². The zero-order valence-corrected chi connectivity index (χ0v) is 4.83. The Labute approximate surface area is 47.4 Å². The molecular formula is C2H8N4S. The van der Waals surface area contributed by atoms with Gasteiger partial charge in [0.15, 0.2) is 5.11 Å². The Morgan fingerprint density at radius 2 is 2.29 bits per heavy atom. The molecule has 0 aliphatic rings. The summed E-state index contributed by atoms with van der Waals surface area (Å²) in [6.07, 6.45) is 0. The molecule has 0 fully saturated rings. The van der Waals surface area contributed by atoms with E-state index >= 15 is 0 Å². The molecule has 0 bridgehead atoms. The third kappa shape index (κ3) is 2.32. The zero-order chi connectivity index (χ0) is 5.86. The van der Waals surface area contributed by atoms with Crippen molar-refractivity contribution < 1.29 is 0 Å². The van der Waals surface area contributed by atoms with E-state index < -0.39 is 0 Å². The van der Waals surface area contributed by atoms with Crippen LogP contribution in [-0.2, 0) is 0 Å². The van der Waals surface area contributed by atoms with Gasteiger partial charge in [-0.25, -0.2) is 16.4 Å². The van der Waals surface area contributed by atoms with Crippen LogP contribution < -0.4 is 17.0 Å². The van der Waals surface area contributed by atoms with Gasteiger partial charge in [0, 0.05) is 7.05 Å². The maximum atomic E-state index is 5.07. The van der Waals surface area contributed by atoms with E-state index in [1.54, 1.807) is 7.05 Å². The van der Waals surface area contributed by atoms with Crippen molar-refractivity contribution in [3.05, 3.63) is 0 Å². The minimum Gasteiger partial charge on any atom is -0.374 e. The lowest BCUT2D eigenvalue weighted by Crippen LogP contribution is -2.48. The van der Waals surface area contributed by atoms with E-state index in [9.17, 15) is 0 Å². The van der Waals surface area contributed by atoms with Gasteiger partial charge in [-0.1, -0.05) is 0 Å². The highest BCUT2D eigenvalue weighted by Gasteiger charge is 1.89. The van der Waals surface area contributed by atoms with Crippen LogP contribution >= 0.6 is 12.2 Å². The van der Waals surface area contributed by atoms with E-state index in [0.717, 1.165) is 5.12 Å². The molecule has 0 aromatic carbocycles. The van der Waals surface area contributed by atoms with Crippen molar-refractivity contribution >= 4 is 17.3 Å². The lowest BCUT2D eigenvalue weighted by atomic mass is 11.1. The van der Waals surface area contributed by atoms with Crippen LogP contribution in [0.5, 0.6) is 0 Å². The average molecular weight is 120 g/mol. The third-order valence-electron chi connectivity index (χ3n) is 0.478. The molecule has 7 heavy (non-hydrogen) atoms. The molecular weight excluding hydrogens is 112 g/mol. The van der Waals surface area contributed by atoms with Crippen LogP contribution in [0.15, 0.2) is 0 Å². The molecule has 0 rings (SSSR count). The van der Waals surface area contributed by atoms with Gasteiger partial charge in [0.05, 0.1) is 0 Å². The summed E-state index contributed by atoms with van der Waals surface area (Å²) in [5, 5.41) is 1.18. The number of nitrogens with two attached hydrogens (primary N) is 2. The van der Waals surface area contributed by atoms with Crippen molar-refractivity contribution in [2.75, 3.05) is 7.05 Å². The molecule has 0 amide bonds. The van der Waals surface area contributed by atoms with Gasteiger partial charge in [-0.3, -0.25) is 0 Å². The SMILES string of the molecule is CNN(N)C(N)=S. The molecule has 42 valence electrons. The Morgan fingerprint density at radius 1 is 1.86 bits per heavy atom.